The molecule has 2 N–H and O–H groups in total. The third kappa shape index (κ3) is 6.28. The van der Waals surface area contributed by atoms with Crippen molar-refractivity contribution in [2.75, 3.05) is 11.9 Å². The van der Waals surface area contributed by atoms with E-state index in [0.29, 0.717) is 11.5 Å². The first-order chi connectivity index (χ1) is 14.1. The molecule has 1 heterocycles. The second-order valence-electron chi connectivity index (χ2n) is 5.91. The standard InChI is InChI=1S/C20H18N4O5/c25-16(22-20(27)21-15-9-5-2-6-10-15)13-28-18(26)12-11-17-23-19(24-29-17)14-7-3-1-4-8-14/h1-10H,11-13H2,(H2,21,22,25,27). The molecular weight excluding hydrogens is 376 g/mol. The number of amides is 3. The molecule has 0 radical (unpaired) electrons. The van der Waals surface area contributed by atoms with Gasteiger partial charge < -0.3 is 14.6 Å². The third-order valence-corrected chi connectivity index (χ3v) is 3.69. The van der Waals surface area contributed by atoms with E-state index < -0.39 is 24.5 Å². The molecule has 0 fully saturated rings. The number of para-hydroxylation sites is 1. The Morgan fingerprint density at radius 2 is 1.66 bits per heavy atom. The number of carbonyl (C=O) groups is 3. The largest absolute Gasteiger partial charge is 0.456 e. The summed E-state index contributed by atoms with van der Waals surface area (Å²) >= 11 is 0. The zero-order chi connectivity index (χ0) is 20.5. The molecule has 0 aliphatic carbocycles. The molecule has 0 spiro atoms. The summed E-state index contributed by atoms with van der Waals surface area (Å²) in [6.45, 7) is -0.569. The lowest BCUT2D eigenvalue weighted by atomic mass is 10.2. The molecule has 0 aliphatic heterocycles. The van der Waals surface area contributed by atoms with E-state index in [1.807, 2.05) is 30.3 Å². The minimum absolute atomic E-state index is 0.0418. The quantitative estimate of drug-likeness (QED) is 0.590. The predicted octanol–water partition coefficient (Wildman–Crippen LogP) is 2.56. The molecule has 1 aromatic heterocycles. The van der Waals surface area contributed by atoms with Crippen LogP contribution in [0.3, 0.4) is 0 Å². The number of urea groups is 1. The van der Waals surface area contributed by atoms with Gasteiger partial charge in [0, 0.05) is 17.7 Å². The molecule has 3 amide bonds. The van der Waals surface area contributed by atoms with Crippen LogP contribution in [-0.4, -0.2) is 34.7 Å². The number of esters is 1. The van der Waals surface area contributed by atoms with Gasteiger partial charge in [-0.05, 0) is 12.1 Å². The molecule has 0 atom stereocenters. The number of aromatic nitrogens is 2. The van der Waals surface area contributed by atoms with Gasteiger partial charge in [-0.25, -0.2) is 4.79 Å². The highest BCUT2D eigenvalue weighted by molar-refractivity contribution is 6.01. The highest BCUT2D eigenvalue weighted by Gasteiger charge is 2.14. The summed E-state index contributed by atoms with van der Waals surface area (Å²) < 4.78 is 9.95. The van der Waals surface area contributed by atoms with Crippen molar-refractivity contribution < 1.29 is 23.6 Å². The van der Waals surface area contributed by atoms with Gasteiger partial charge >= 0.3 is 12.0 Å². The van der Waals surface area contributed by atoms with Gasteiger partial charge in [0.05, 0.1) is 6.42 Å². The average Bonchev–Trinajstić information content (AvgIpc) is 3.21. The number of anilines is 1. The maximum absolute atomic E-state index is 11.8. The number of nitrogens with one attached hydrogen (secondary N) is 2. The third-order valence-electron chi connectivity index (χ3n) is 3.69. The van der Waals surface area contributed by atoms with E-state index in [4.69, 9.17) is 9.26 Å². The van der Waals surface area contributed by atoms with E-state index in [1.165, 1.54) is 0 Å². The van der Waals surface area contributed by atoms with Gasteiger partial charge in [-0.2, -0.15) is 4.98 Å². The molecule has 2 aromatic carbocycles. The van der Waals surface area contributed by atoms with E-state index in [1.54, 1.807) is 30.3 Å². The Balaban J connectivity index is 1.37. The van der Waals surface area contributed by atoms with Gasteiger partial charge in [-0.3, -0.25) is 14.9 Å². The first-order valence-corrected chi connectivity index (χ1v) is 8.79. The molecule has 0 bridgehead atoms. The summed E-state index contributed by atoms with van der Waals surface area (Å²) in [5, 5.41) is 8.41. The fourth-order valence-corrected chi connectivity index (χ4v) is 2.33. The monoisotopic (exact) mass is 394 g/mol. The van der Waals surface area contributed by atoms with E-state index >= 15 is 0 Å². The van der Waals surface area contributed by atoms with Crippen molar-refractivity contribution >= 4 is 23.6 Å². The Hall–Kier alpha value is -4.01. The molecule has 9 heteroatoms. The van der Waals surface area contributed by atoms with Gasteiger partial charge in [0.2, 0.25) is 11.7 Å². The van der Waals surface area contributed by atoms with Crippen molar-refractivity contribution in [2.24, 2.45) is 0 Å². The average molecular weight is 394 g/mol. The number of hydrogen-bond acceptors (Lipinski definition) is 7. The lowest BCUT2D eigenvalue weighted by molar-refractivity contribution is -0.148. The fourth-order valence-electron chi connectivity index (χ4n) is 2.33. The summed E-state index contributed by atoms with van der Waals surface area (Å²) in [5.41, 5.74) is 1.33. The minimum Gasteiger partial charge on any atom is -0.456 e. The molecule has 29 heavy (non-hydrogen) atoms. The van der Waals surface area contributed by atoms with Crippen molar-refractivity contribution in [1.82, 2.24) is 15.5 Å². The maximum Gasteiger partial charge on any atom is 0.325 e. The molecular formula is C20H18N4O5. The number of aryl methyl sites for hydroxylation is 1. The van der Waals surface area contributed by atoms with Crippen LogP contribution in [0.1, 0.15) is 12.3 Å². The summed E-state index contributed by atoms with van der Waals surface area (Å²) in [6, 6.07) is 17.2. The molecule has 0 unspecified atom stereocenters. The van der Waals surface area contributed by atoms with Gasteiger partial charge in [0.1, 0.15) is 0 Å². The molecule has 0 aliphatic rings. The number of imide groups is 1. The SMILES string of the molecule is O=C(COC(=O)CCc1nc(-c2ccccc2)no1)NC(=O)Nc1ccccc1. The second-order valence-corrected chi connectivity index (χ2v) is 5.91. The second kappa shape index (κ2) is 9.79. The molecule has 3 aromatic rings. The number of ether oxygens (including phenoxy) is 1. The van der Waals surface area contributed by atoms with Crippen LogP contribution in [0.5, 0.6) is 0 Å². The van der Waals surface area contributed by atoms with E-state index in [-0.39, 0.29) is 18.7 Å². The summed E-state index contributed by atoms with van der Waals surface area (Å²) in [7, 11) is 0. The van der Waals surface area contributed by atoms with Crippen LogP contribution in [0.4, 0.5) is 10.5 Å². The molecule has 9 nitrogen and oxygen atoms in total. The number of carbonyl (C=O) groups excluding carboxylic acids is 3. The fraction of sp³-hybridized carbons (Fsp3) is 0.150. The lowest BCUT2D eigenvalue weighted by Crippen LogP contribution is -2.37. The summed E-state index contributed by atoms with van der Waals surface area (Å²) in [4.78, 5) is 39.4. The van der Waals surface area contributed by atoms with Gasteiger partial charge in [0.25, 0.3) is 5.91 Å². The van der Waals surface area contributed by atoms with Gasteiger partial charge in [-0.15, -0.1) is 0 Å². The smallest absolute Gasteiger partial charge is 0.325 e. The van der Waals surface area contributed by atoms with Gasteiger partial charge in [0.15, 0.2) is 6.61 Å². The van der Waals surface area contributed by atoms with Crippen LogP contribution in [0, 0.1) is 0 Å². The Labute approximate surface area is 166 Å². The first-order valence-electron chi connectivity index (χ1n) is 8.79. The van der Waals surface area contributed by atoms with Crippen molar-refractivity contribution in [3.63, 3.8) is 0 Å². The van der Waals surface area contributed by atoms with E-state index in [2.05, 4.69) is 20.8 Å². The van der Waals surface area contributed by atoms with Crippen LogP contribution in [0.25, 0.3) is 11.4 Å². The lowest BCUT2D eigenvalue weighted by Gasteiger charge is -2.07. The summed E-state index contributed by atoms with van der Waals surface area (Å²) in [5.74, 6) is -0.649. The van der Waals surface area contributed by atoms with Crippen molar-refractivity contribution in [1.29, 1.82) is 0 Å². The summed E-state index contributed by atoms with van der Waals surface area (Å²) in [6.07, 6.45) is 0.134. The first kappa shape index (κ1) is 19.7. The zero-order valence-electron chi connectivity index (χ0n) is 15.3. The number of nitrogens with zero attached hydrogens (tertiary/aromatic N) is 2. The van der Waals surface area contributed by atoms with Crippen LogP contribution >= 0.6 is 0 Å². The van der Waals surface area contributed by atoms with Crippen LogP contribution in [0.2, 0.25) is 0 Å². The van der Waals surface area contributed by atoms with Crippen LogP contribution in [0.15, 0.2) is 65.2 Å². The Morgan fingerprint density at radius 3 is 2.38 bits per heavy atom. The molecule has 148 valence electrons. The van der Waals surface area contributed by atoms with Crippen LogP contribution < -0.4 is 10.6 Å². The van der Waals surface area contributed by atoms with Gasteiger partial charge in [-0.1, -0.05) is 53.7 Å². The van der Waals surface area contributed by atoms with Crippen molar-refractivity contribution in [3.05, 3.63) is 66.6 Å². The normalized spacial score (nSPS) is 10.2. The van der Waals surface area contributed by atoms with Crippen molar-refractivity contribution in [3.8, 4) is 11.4 Å². The highest BCUT2D eigenvalue weighted by Crippen LogP contribution is 2.15. The topological polar surface area (TPSA) is 123 Å². The Bertz CT molecular complexity index is 973. The molecule has 0 saturated heterocycles. The van der Waals surface area contributed by atoms with E-state index in [0.717, 1.165) is 5.56 Å². The highest BCUT2D eigenvalue weighted by atomic mass is 16.5. The van der Waals surface area contributed by atoms with Crippen molar-refractivity contribution in [2.45, 2.75) is 12.8 Å². The van der Waals surface area contributed by atoms with Crippen LogP contribution in [-0.2, 0) is 20.7 Å². The number of hydrogen-bond donors (Lipinski definition) is 2. The molecule has 0 saturated carbocycles. The zero-order valence-corrected chi connectivity index (χ0v) is 15.3. The predicted molar refractivity (Wildman–Crippen MR) is 103 cm³/mol. The Morgan fingerprint density at radius 1 is 0.966 bits per heavy atom. The van der Waals surface area contributed by atoms with E-state index in [9.17, 15) is 14.4 Å². The minimum atomic E-state index is -0.740. The number of rotatable bonds is 7. The molecule has 3 rings (SSSR count). The Kier molecular flexibility index (Phi) is 6.66. The maximum atomic E-state index is 11.8. The number of benzene rings is 2.